The molecule has 0 unspecified atom stereocenters. The topological polar surface area (TPSA) is 75.4 Å². The molecule has 1 atom stereocenters. The molecule has 23 heavy (non-hydrogen) atoms. The highest BCUT2D eigenvalue weighted by Crippen LogP contribution is 2.21. The second kappa shape index (κ2) is 6.93. The lowest BCUT2D eigenvalue weighted by molar-refractivity contribution is -0.125. The molecule has 1 N–H and O–H groups in total. The Bertz CT molecular complexity index is 667. The highest BCUT2D eigenvalue weighted by molar-refractivity contribution is 5.79. The van der Waals surface area contributed by atoms with Gasteiger partial charge in [-0.05, 0) is 37.3 Å². The van der Waals surface area contributed by atoms with Crippen LogP contribution in [0.25, 0.3) is 5.65 Å². The Morgan fingerprint density at radius 3 is 3.13 bits per heavy atom. The number of carbonyl (C=O) groups excluding carboxylic acids is 1. The molecule has 1 saturated heterocycles. The standard InChI is InChI=1S/C16H24N6O/c1-12(2)7-8-17-16(23)13-4-3-9-21(10-13)15-6-5-14-19-18-11-22(14)20-15/h5-6,11-13H,3-4,7-10H2,1-2H3,(H,17,23)/t13-/m0/s1. The highest BCUT2D eigenvalue weighted by Gasteiger charge is 2.26. The van der Waals surface area contributed by atoms with E-state index < -0.39 is 0 Å². The summed E-state index contributed by atoms with van der Waals surface area (Å²) in [4.78, 5) is 14.5. The molecular formula is C16H24N6O. The lowest BCUT2D eigenvalue weighted by atomic mass is 9.97. The summed E-state index contributed by atoms with van der Waals surface area (Å²) in [7, 11) is 0. The van der Waals surface area contributed by atoms with Gasteiger partial charge in [-0.2, -0.15) is 4.52 Å². The van der Waals surface area contributed by atoms with Gasteiger partial charge in [-0.3, -0.25) is 4.79 Å². The number of nitrogens with one attached hydrogen (secondary N) is 1. The zero-order valence-electron chi connectivity index (χ0n) is 13.8. The molecular weight excluding hydrogens is 292 g/mol. The van der Waals surface area contributed by atoms with E-state index in [2.05, 4.69) is 39.4 Å². The molecule has 1 amide bonds. The second-order valence-electron chi connectivity index (χ2n) is 6.58. The average molecular weight is 316 g/mol. The SMILES string of the molecule is CC(C)CCNC(=O)[C@H]1CCCN(c2ccc3nncn3n2)C1. The molecule has 0 radical (unpaired) electrons. The van der Waals surface area contributed by atoms with Gasteiger partial charge in [0.25, 0.3) is 0 Å². The lowest BCUT2D eigenvalue weighted by Gasteiger charge is -2.32. The van der Waals surface area contributed by atoms with Crippen molar-refractivity contribution in [1.29, 1.82) is 0 Å². The van der Waals surface area contributed by atoms with Gasteiger partial charge in [0.1, 0.15) is 12.1 Å². The van der Waals surface area contributed by atoms with E-state index in [1.165, 1.54) is 0 Å². The van der Waals surface area contributed by atoms with Crippen LogP contribution in [0.4, 0.5) is 5.82 Å². The third-order valence-electron chi connectivity index (χ3n) is 4.28. The van der Waals surface area contributed by atoms with Crippen molar-refractivity contribution in [3.8, 4) is 0 Å². The first-order chi connectivity index (χ1) is 11.1. The number of hydrogen-bond acceptors (Lipinski definition) is 5. The number of carbonyl (C=O) groups is 1. The molecule has 3 rings (SSSR count). The summed E-state index contributed by atoms with van der Waals surface area (Å²) >= 11 is 0. The van der Waals surface area contributed by atoms with E-state index in [4.69, 9.17) is 0 Å². The molecule has 0 bridgehead atoms. The van der Waals surface area contributed by atoms with Crippen LogP contribution in [-0.2, 0) is 4.79 Å². The number of anilines is 1. The van der Waals surface area contributed by atoms with E-state index in [1.54, 1.807) is 10.8 Å². The van der Waals surface area contributed by atoms with Gasteiger partial charge < -0.3 is 10.2 Å². The molecule has 3 heterocycles. The van der Waals surface area contributed by atoms with Gasteiger partial charge in [-0.15, -0.1) is 15.3 Å². The Labute approximate surface area is 136 Å². The fourth-order valence-electron chi connectivity index (χ4n) is 2.91. The van der Waals surface area contributed by atoms with Gasteiger partial charge >= 0.3 is 0 Å². The minimum absolute atomic E-state index is 0.0364. The third-order valence-corrected chi connectivity index (χ3v) is 4.28. The molecule has 0 aromatic carbocycles. The van der Waals surface area contributed by atoms with E-state index in [0.717, 1.165) is 43.8 Å². The van der Waals surface area contributed by atoms with Crippen molar-refractivity contribution in [3.05, 3.63) is 18.5 Å². The molecule has 7 heteroatoms. The van der Waals surface area contributed by atoms with Crippen LogP contribution in [-0.4, -0.2) is 45.4 Å². The van der Waals surface area contributed by atoms with Crippen LogP contribution in [0.3, 0.4) is 0 Å². The van der Waals surface area contributed by atoms with E-state index in [0.29, 0.717) is 12.5 Å². The van der Waals surface area contributed by atoms with Gasteiger partial charge in [0.05, 0.1) is 5.92 Å². The number of amides is 1. The van der Waals surface area contributed by atoms with Crippen LogP contribution < -0.4 is 10.2 Å². The van der Waals surface area contributed by atoms with Crippen molar-refractivity contribution >= 4 is 17.4 Å². The smallest absolute Gasteiger partial charge is 0.224 e. The fraction of sp³-hybridized carbons (Fsp3) is 0.625. The Morgan fingerprint density at radius 1 is 1.43 bits per heavy atom. The van der Waals surface area contributed by atoms with Gasteiger partial charge in [0.2, 0.25) is 5.91 Å². The predicted molar refractivity (Wildman–Crippen MR) is 88.2 cm³/mol. The quantitative estimate of drug-likeness (QED) is 0.905. The number of nitrogens with zero attached hydrogens (tertiary/aromatic N) is 5. The van der Waals surface area contributed by atoms with Crippen LogP contribution in [0.15, 0.2) is 18.5 Å². The van der Waals surface area contributed by atoms with Crippen molar-refractivity contribution in [2.45, 2.75) is 33.1 Å². The van der Waals surface area contributed by atoms with E-state index in [9.17, 15) is 4.79 Å². The molecule has 2 aromatic rings. The summed E-state index contributed by atoms with van der Waals surface area (Å²) < 4.78 is 1.67. The highest BCUT2D eigenvalue weighted by atomic mass is 16.1. The van der Waals surface area contributed by atoms with Crippen LogP contribution in [0.5, 0.6) is 0 Å². The van der Waals surface area contributed by atoms with Gasteiger partial charge in [0.15, 0.2) is 5.65 Å². The first-order valence-electron chi connectivity index (χ1n) is 8.33. The summed E-state index contributed by atoms with van der Waals surface area (Å²) in [5.41, 5.74) is 0.730. The van der Waals surface area contributed by atoms with Gasteiger partial charge in [-0.1, -0.05) is 13.8 Å². The van der Waals surface area contributed by atoms with Crippen molar-refractivity contribution < 1.29 is 4.79 Å². The molecule has 1 aliphatic rings. The minimum atomic E-state index is 0.0364. The number of hydrogen-bond donors (Lipinski definition) is 1. The Balaban J connectivity index is 1.62. The van der Waals surface area contributed by atoms with Crippen molar-refractivity contribution in [2.75, 3.05) is 24.5 Å². The fourth-order valence-corrected chi connectivity index (χ4v) is 2.91. The summed E-state index contributed by atoms with van der Waals surface area (Å²) in [6.45, 7) is 6.74. The monoisotopic (exact) mass is 316 g/mol. The van der Waals surface area contributed by atoms with Crippen LogP contribution in [0.2, 0.25) is 0 Å². The number of aromatic nitrogens is 4. The Kier molecular flexibility index (Phi) is 4.73. The summed E-state index contributed by atoms with van der Waals surface area (Å²) in [5.74, 6) is 1.69. The minimum Gasteiger partial charge on any atom is -0.356 e. The average Bonchev–Trinajstić information content (AvgIpc) is 3.02. The Morgan fingerprint density at radius 2 is 2.30 bits per heavy atom. The molecule has 7 nitrogen and oxygen atoms in total. The van der Waals surface area contributed by atoms with Crippen molar-refractivity contribution in [3.63, 3.8) is 0 Å². The maximum absolute atomic E-state index is 12.3. The molecule has 2 aromatic heterocycles. The van der Waals surface area contributed by atoms with E-state index in [-0.39, 0.29) is 11.8 Å². The molecule has 0 saturated carbocycles. The van der Waals surface area contributed by atoms with E-state index in [1.807, 2.05) is 12.1 Å². The van der Waals surface area contributed by atoms with Crippen molar-refractivity contribution in [1.82, 2.24) is 25.1 Å². The molecule has 0 aliphatic carbocycles. The maximum atomic E-state index is 12.3. The second-order valence-corrected chi connectivity index (χ2v) is 6.58. The van der Waals surface area contributed by atoms with E-state index >= 15 is 0 Å². The summed E-state index contributed by atoms with van der Waals surface area (Å²) in [6.07, 6.45) is 4.57. The molecule has 1 aliphatic heterocycles. The summed E-state index contributed by atoms with van der Waals surface area (Å²) in [5, 5.41) is 15.4. The van der Waals surface area contributed by atoms with Crippen LogP contribution in [0, 0.1) is 11.8 Å². The van der Waals surface area contributed by atoms with Gasteiger partial charge in [0, 0.05) is 19.6 Å². The lowest BCUT2D eigenvalue weighted by Crippen LogP contribution is -2.43. The number of piperidine rings is 1. The number of rotatable bonds is 5. The summed E-state index contributed by atoms with van der Waals surface area (Å²) in [6, 6.07) is 3.85. The first-order valence-corrected chi connectivity index (χ1v) is 8.33. The Hall–Kier alpha value is -2.18. The van der Waals surface area contributed by atoms with Gasteiger partial charge in [-0.25, -0.2) is 0 Å². The maximum Gasteiger partial charge on any atom is 0.224 e. The zero-order valence-corrected chi connectivity index (χ0v) is 13.8. The zero-order chi connectivity index (χ0) is 16.2. The number of fused-ring (bicyclic) bond motifs is 1. The first kappa shape index (κ1) is 15.7. The normalized spacial score (nSPS) is 18.6. The predicted octanol–water partition coefficient (Wildman–Crippen LogP) is 1.50. The van der Waals surface area contributed by atoms with Crippen LogP contribution >= 0.6 is 0 Å². The van der Waals surface area contributed by atoms with Crippen LogP contribution in [0.1, 0.15) is 33.1 Å². The molecule has 1 fully saturated rings. The largest absolute Gasteiger partial charge is 0.356 e. The molecule has 0 spiro atoms. The molecule has 124 valence electrons. The third kappa shape index (κ3) is 3.78. The van der Waals surface area contributed by atoms with Crippen molar-refractivity contribution in [2.24, 2.45) is 11.8 Å².